The molecule has 126 valence electrons. The van der Waals surface area contributed by atoms with Gasteiger partial charge < -0.3 is 14.8 Å². The van der Waals surface area contributed by atoms with Crippen LogP contribution in [0, 0.1) is 10.1 Å². The Morgan fingerprint density at radius 3 is 2.50 bits per heavy atom. The third-order valence-corrected chi connectivity index (χ3v) is 3.22. The van der Waals surface area contributed by atoms with Crippen molar-refractivity contribution in [2.24, 2.45) is 0 Å². The Hall–Kier alpha value is -3.09. The van der Waals surface area contributed by atoms with Gasteiger partial charge in [0.05, 0.1) is 18.6 Å². The highest BCUT2D eigenvalue weighted by atomic mass is 16.6. The summed E-state index contributed by atoms with van der Waals surface area (Å²) < 4.78 is 10.4. The van der Waals surface area contributed by atoms with Gasteiger partial charge in [-0.15, -0.1) is 0 Å². The van der Waals surface area contributed by atoms with Crippen molar-refractivity contribution in [3.63, 3.8) is 0 Å². The molecular weight excluding hydrogens is 312 g/mol. The number of carbonyl (C=O) groups is 1. The van der Waals surface area contributed by atoms with Crippen LogP contribution in [0.3, 0.4) is 0 Å². The van der Waals surface area contributed by atoms with Gasteiger partial charge in [-0.25, -0.2) is 0 Å². The van der Waals surface area contributed by atoms with Gasteiger partial charge in [0.1, 0.15) is 5.75 Å². The molecule has 0 aliphatic carbocycles. The van der Waals surface area contributed by atoms with Crippen LogP contribution in [0.15, 0.2) is 42.5 Å². The second-order valence-electron chi connectivity index (χ2n) is 4.97. The van der Waals surface area contributed by atoms with Gasteiger partial charge in [0.15, 0.2) is 5.75 Å². The van der Waals surface area contributed by atoms with E-state index in [0.29, 0.717) is 12.3 Å². The van der Waals surface area contributed by atoms with E-state index in [1.54, 1.807) is 24.3 Å². The Morgan fingerprint density at radius 2 is 1.92 bits per heavy atom. The topological polar surface area (TPSA) is 90.7 Å². The van der Waals surface area contributed by atoms with E-state index in [1.807, 2.05) is 6.92 Å². The van der Waals surface area contributed by atoms with Crippen LogP contribution in [0.2, 0.25) is 0 Å². The van der Waals surface area contributed by atoms with Gasteiger partial charge in [-0.3, -0.25) is 14.9 Å². The third kappa shape index (κ3) is 4.22. The molecule has 24 heavy (non-hydrogen) atoms. The predicted octanol–water partition coefficient (Wildman–Crippen LogP) is 3.64. The number of rotatable bonds is 7. The minimum atomic E-state index is -0.588. The molecule has 0 radical (unpaired) electrons. The highest BCUT2D eigenvalue weighted by Gasteiger charge is 2.18. The highest BCUT2D eigenvalue weighted by molar-refractivity contribution is 6.04. The third-order valence-electron chi connectivity index (χ3n) is 3.22. The van der Waals surface area contributed by atoms with Crippen LogP contribution in [0.1, 0.15) is 23.7 Å². The van der Waals surface area contributed by atoms with Crippen LogP contribution in [-0.4, -0.2) is 24.5 Å². The van der Waals surface area contributed by atoms with E-state index in [1.165, 1.54) is 25.3 Å². The summed E-state index contributed by atoms with van der Waals surface area (Å²) >= 11 is 0. The summed E-state index contributed by atoms with van der Waals surface area (Å²) in [5, 5.41) is 13.7. The first-order valence-electron chi connectivity index (χ1n) is 7.41. The molecule has 0 aliphatic rings. The molecule has 0 saturated carbocycles. The quantitative estimate of drug-likeness (QED) is 0.618. The number of carbonyl (C=O) groups excluding carboxylic acids is 1. The lowest BCUT2D eigenvalue weighted by molar-refractivity contribution is -0.385. The number of nitrogens with zero attached hydrogens (tertiary/aromatic N) is 1. The Balaban J connectivity index is 2.12. The van der Waals surface area contributed by atoms with Gasteiger partial charge in [-0.05, 0) is 42.8 Å². The van der Waals surface area contributed by atoms with Crippen molar-refractivity contribution in [1.82, 2.24) is 0 Å². The molecule has 0 unspecified atom stereocenters. The molecule has 0 heterocycles. The summed E-state index contributed by atoms with van der Waals surface area (Å²) in [6, 6.07) is 11.0. The first-order valence-corrected chi connectivity index (χ1v) is 7.41. The number of nitro benzene ring substituents is 1. The van der Waals surface area contributed by atoms with Crippen LogP contribution >= 0.6 is 0 Å². The molecule has 0 fully saturated rings. The predicted molar refractivity (Wildman–Crippen MR) is 89.8 cm³/mol. The number of anilines is 1. The van der Waals surface area contributed by atoms with Crippen LogP contribution in [0.5, 0.6) is 11.5 Å². The van der Waals surface area contributed by atoms with Gasteiger partial charge in [0.25, 0.3) is 5.91 Å². The van der Waals surface area contributed by atoms with E-state index < -0.39 is 10.8 Å². The Morgan fingerprint density at radius 1 is 1.21 bits per heavy atom. The smallest absolute Gasteiger partial charge is 0.311 e. The summed E-state index contributed by atoms with van der Waals surface area (Å²) in [7, 11) is 1.34. The number of benzene rings is 2. The molecule has 7 heteroatoms. The lowest BCUT2D eigenvalue weighted by Crippen LogP contribution is -2.12. The van der Waals surface area contributed by atoms with Crippen molar-refractivity contribution in [2.75, 3.05) is 19.0 Å². The Bertz CT molecular complexity index is 728. The zero-order valence-corrected chi connectivity index (χ0v) is 13.4. The van der Waals surface area contributed by atoms with Gasteiger partial charge >= 0.3 is 5.69 Å². The summed E-state index contributed by atoms with van der Waals surface area (Å²) in [5.74, 6) is 0.381. The van der Waals surface area contributed by atoms with E-state index in [2.05, 4.69) is 5.32 Å². The molecule has 0 saturated heterocycles. The maximum atomic E-state index is 12.2. The fourth-order valence-electron chi connectivity index (χ4n) is 2.03. The van der Waals surface area contributed by atoms with Crippen LogP contribution < -0.4 is 14.8 Å². The van der Waals surface area contributed by atoms with E-state index in [4.69, 9.17) is 9.47 Å². The van der Waals surface area contributed by atoms with Crippen LogP contribution in [0.25, 0.3) is 0 Å². The first-order chi connectivity index (χ1) is 11.5. The zero-order chi connectivity index (χ0) is 17.5. The largest absolute Gasteiger partial charge is 0.494 e. The standard InChI is InChI=1S/C17H18N2O5/c1-3-10-24-14-7-5-13(6-8-14)18-17(20)12-4-9-16(23-2)15(11-12)19(21)22/h4-9,11H,3,10H2,1-2H3,(H,18,20). The number of amides is 1. The lowest BCUT2D eigenvalue weighted by Gasteiger charge is -2.08. The molecule has 0 aliphatic heterocycles. The molecule has 0 atom stereocenters. The van der Waals surface area contributed by atoms with Crippen molar-refractivity contribution >= 4 is 17.3 Å². The minimum absolute atomic E-state index is 0.106. The molecule has 0 bridgehead atoms. The number of ether oxygens (including phenoxy) is 2. The summed E-state index contributed by atoms with van der Waals surface area (Å²) in [6.45, 7) is 2.64. The van der Waals surface area contributed by atoms with E-state index >= 15 is 0 Å². The van der Waals surface area contributed by atoms with Gasteiger partial charge in [0.2, 0.25) is 0 Å². The normalized spacial score (nSPS) is 10.1. The summed E-state index contributed by atoms with van der Waals surface area (Å²) in [6.07, 6.45) is 0.911. The second kappa shape index (κ2) is 7.96. The maximum absolute atomic E-state index is 12.2. The molecule has 1 N–H and O–H groups in total. The molecule has 2 rings (SSSR count). The molecule has 2 aromatic carbocycles. The average Bonchev–Trinajstić information content (AvgIpc) is 2.60. The maximum Gasteiger partial charge on any atom is 0.311 e. The van der Waals surface area contributed by atoms with Crippen molar-refractivity contribution in [1.29, 1.82) is 0 Å². The molecule has 0 aromatic heterocycles. The van der Waals surface area contributed by atoms with Crippen molar-refractivity contribution in [3.05, 3.63) is 58.1 Å². The van der Waals surface area contributed by atoms with E-state index in [-0.39, 0.29) is 17.0 Å². The Kier molecular flexibility index (Phi) is 5.73. The molecule has 7 nitrogen and oxygen atoms in total. The Labute approximate surface area is 139 Å². The summed E-state index contributed by atoms with van der Waals surface area (Å²) in [5.41, 5.74) is 0.490. The lowest BCUT2D eigenvalue weighted by atomic mass is 10.1. The zero-order valence-electron chi connectivity index (χ0n) is 13.4. The molecule has 2 aromatic rings. The van der Waals surface area contributed by atoms with Crippen molar-refractivity contribution < 1.29 is 19.2 Å². The first kappa shape index (κ1) is 17.3. The minimum Gasteiger partial charge on any atom is -0.494 e. The summed E-state index contributed by atoms with van der Waals surface area (Å²) in [4.78, 5) is 22.7. The number of methoxy groups -OCH3 is 1. The van der Waals surface area contributed by atoms with Gasteiger partial charge in [0, 0.05) is 17.3 Å². The number of hydrogen-bond acceptors (Lipinski definition) is 5. The molecule has 0 spiro atoms. The number of nitro groups is 1. The van der Waals surface area contributed by atoms with Crippen molar-refractivity contribution in [3.8, 4) is 11.5 Å². The fraction of sp³-hybridized carbons (Fsp3) is 0.235. The number of nitrogens with one attached hydrogen (secondary N) is 1. The van der Waals surface area contributed by atoms with Crippen LogP contribution in [-0.2, 0) is 0 Å². The van der Waals surface area contributed by atoms with E-state index in [0.717, 1.165) is 12.2 Å². The van der Waals surface area contributed by atoms with Gasteiger partial charge in [-0.2, -0.15) is 0 Å². The number of hydrogen-bond donors (Lipinski definition) is 1. The molecule has 1 amide bonds. The fourth-order valence-corrected chi connectivity index (χ4v) is 2.03. The SMILES string of the molecule is CCCOc1ccc(NC(=O)c2ccc(OC)c([N+](=O)[O-])c2)cc1. The highest BCUT2D eigenvalue weighted by Crippen LogP contribution is 2.28. The molecular formula is C17H18N2O5. The monoisotopic (exact) mass is 330 g/mol. The average molecular weight is 330 g/mol. The van der Waals surface area contributed by atoms with Crippen molar-refractivity contribution in [2.45, 2.75) is 13.3 Å². The van der Waals surface area contributed by atoms with Gasteiger partial charge in [-0.1, -0.05) is 6.92 Å². The second-order valence-corrected chi connectivity index (χ2v) is 4.97. The van der Waals surface area contributed by atoms with E-state index in [9.17, 15) is 14.9 Å². The van der Waals surface area contributed by atoms with Crippen LogP contribution in [0.4, 0.5) is 11.4 Å².